The zero-order valence-electron chi connectivity index (χ0n) is 14.8. The highest BCUT2D eigenvalue weighted by Crippen LogP contribution is 2.25. The number of carbonyl (C=O) groups excluding carboxylic acids is 1. The van der Waals surface area contributed by atoms with E-state index in [2.05, 4.69) is 40.6 Å². The summed E-state index contributed by atoms with van der Waals surface area (Å²) in [4.78, 5) is 17.2. The maximum absolute atomic E-state index is 12.6. The predicted octanol–water partition coefficient (Wildman–Crippen LogP) is 2.29. The van der Waals surface area contributed by atoms with Gasteiger partial charge in [0.05, 0.1) is 0 Å². The van der Waals surface area contributed by atoms with Crippen molar-refractivity contribution in [2.24, 2.45) is 0 Å². The summed E-state index contributed by atoms with van der Waals surface area (Å²) >= 11 is 0. The van der Waals surface area contributed by atoms with Crippen molar-refractivity contribution in [3.8, 4) is 0 Å². The first-order valence-corrected chi connectivity index (χ1v) is 8.18. The van der Waals surface area contributed by atoms with Crippen LogP contribution in [0.15, 0.2) is 18.2 Å². The minimum Gasteiger partial charge on any atom is -0.385 e. The second-order valence-electron chi connectivity index (χ2n) is 6.47. The van der Waals surface area contributed by atoms with Crippen molar-refractivity contribution in [3.05, 3.63) is 29.3 Å². The van der Waals surface area contributed by atoms with Gasteiger partial charge in [-0.3, -0.25) is 9.69 Å². The topological polar surface area (TPSA) is 47.6 Å². The van der Waals surface area contributed by atoms with E-state index in [9.17, 15) is 4.79 Å². The molecule has 0 spiro atoms. The summed E-state index contributed by atoms with van der Waals surface area (Å²) in [7, 11) is 4.28. The largest absolute Gasteiger partial charge is 0.385 e. The summed E-state index contributed by atoms with van der Waals surface area (Å²) < 4.78 is 0. The van der Waals surface area contributed by atoms with E-state index in [4.69, 9.17) is 0 Å². The molecule has 3 rings (SSSR count). The monoisotopic (exact) mass is 410 g/mol. The van der Waals surface area contributed by atoms with Gasteiger partial charge < -0.3 is 15.5 Å². The van der Waals surface area contributed by atoms with Gasteiger partial charge in [-0.1, -0.05) is 6.07 Å². The van der Waals surface area contributed by atoms with Crippen LogP contribution in [0.25, 0.3) is 0 Å². The SMILES string of the molecule is CN1CCN(C)C(CNC(=O)c2cccc3c2CCCN3)C1.Cl.Cl.Cl. The highest BCUT2D eigenvalue weighted by Gasteiger charge is 2.23. The van der Waals surface area contributed by atoms with E-state index in [0.717, 1.165) is 50.3 Å². The van der Waals surface area contributed by atoms with E-state index in [1.165, 1.54) is 5.56 Å². The first-order valence-electron chi connectivity index (χ1n) is 8.18. The molecule has 1 amide bonds. The Bertz CT molecular complexity index is 559. The lowest BCUT2D eigenvalue weighted by Crippen LogP contribution is -2.54. The third kappa shape index (κ3) is 5.90. The number of nitrogens with zero attached hydrogens (tertiary/aromatic N) is 2. The van der Waals surface area contributed by atoms with Gasteiger partial charge in [0.15, 0.2) is 0 Å². The molecule has 0 radical (unpaired) electrons. The molecular weight excluding hydrogens is 383 g/mol. The molecule has 1 aromatic carbocycles. The van der Waals surface area contributed by atoms with E-state index in [1.54, 1.807) is 0 Å². The van der Waals surface area contributed by atoms with Gasteiger partial charge in [0.1, 0.15) is 0 Å². The fourth-order valence-electron chi connectivity index (χ4n) is 3.35. The van der Waals surface area contributed by atoms with Crippen LogP contribution in [-0.2, 0) is 6.42 Å². The van der Waals surface area contributed by atoms with Gasteiger partial charge in [-0.05, 0) is 44.6 Å². The number of likely N-dealkylation sites (N-methyl/N-ethyl adjacent to an activating group) is 2. The number of carbonyl (C=O) groups is 1. The van der Waals surface area contributed by atoms with Crippen molar-refractivity contribution in [1.29, 1.82) is 0 Å². The Morgan fingerprint density at radius 2 is 2.00 bits per heavy atom. The van der Waals surface area contributed by atoms with Crippen molar-refractivity contribution >= 4 is 48.8 Å². The Labute approximate surface area is 169 Å². The number of amides is 1. The molecule has 2 aliphatic rings. The Morgan fingerprint density at radius 1 is 1.24 bits per heavy atom. The zero-order chi connectivity index (χ0) is 15.5. The zero-order valence-corrected chi connectivity index (χ0v) is 17.2. The number of fused-ring (bicyclic) bond motifs is 1. The quantitative estimate of drug-likeness (QED) is 0.801. The van der Waals surface area contributed by atoms with E-state index in [1.807, 2.05) is 12.1 Å². The van der Waals surface area contributed by atoms with Gasteiger partial charge in [-0.25, -0.2) is 0 Å². The molecule has 0 bridgehead atoms. The van der Waals surface area contributed by atoms with E-state index >= 15 is 0 Å². The van der Waals surface area contributed by atoms with Crippen molar-refractivity contribution in [2.75, 3.05) is 52.1 Å². The summed E-state index contributed by atoms with van der Waals surface area (Å²) in [5, 5.41) is 6.52. The number of halogens is 3. The lowest BCUT2D eigenvalue weighted by molar-refractivity contribution is 0.0880. The smallest absolute Gasteiger partial charge is 0.251 e. The Kier molecular flexibility index (Phi) is 10.8. The molecule has 25 heavy (non-hydrogen) atoms. The molecule has 1 aromatic rings. The summed E-state index contributed by atoms with van der Waals surface area (Å²) in [6.45, 7) is 4.86. The van der Waals surface area contributed by atoms with Crippen LogP contribution in [0.4, 0.5) is 5.69 Å². The Balaban J connectivity index is 0.00000192. The minimum absolute atomic E-state index is 0. The predicted molar refractivity (Wildman–Crippen MR) is 111 cm³/mol. The molecule has 144 valence electrons. The highest BCUT2D eigenvalue weighted by atomic mass is 35.5. The van der Waals surface area contributed by atoms with Gasteiger partial charge in [0.25, 0.3) is 5.91 Å². The second kappa shape index (κ2) is 11.1. The third-order valence-corrected chi connectivity index (χ3v) is 4.82. The van der Waals surface area contributed by atoms with Crippen LogP contribution in [-0.4, -0.2) is 68.6 Å². The van der Waals surface area contributed by atoms with E-state index in [0.29, 0.717) is 12.6 Å². The molecule has 2 N–H and O–H groups in total. The molecule has 8 heteroatoms. The molecule has 1 atom stereocenters. The van der Waals surface area contributed by atoms with E-state index < -0.39 is 0 Å². The number of nitrogens with one attached hydrogen (secondary N) is 2. The first kappa shape index (κ1) is 24.3. The van der Waals surface area contributed by atoms with Crippen LogP contribution in [0, 0.1) is 0 Å². The first-order chi connectivity index (χ1) is 10.6. The number of anilines is 1. The van der Waals surface area contributed by atoms with Crippen LogP contribution in [0.3, 0.4) is 0 Å². The lowest BCUT2D eigenvalue weighted by Gasteiger charge is -2.37. The summed E-state index contributed by atoms with van der Waals surface area (Å²) in [6, 6.07) is 6.36. The van der Waals surface area contributed by atoms with Crippen LogP contribution < -0.4 is 10.6 Å². The molecule has 1 unspecified atom stereocenters. The van der Waals surface area contributed by atoms with Gasteiger partial charge in [-0.2, -0.15) is 0 Å². The van der Waals surface area contributed by atoms with Crippen molar-refractivity contribution in [1.82, 2.24) is 15.1 Å². The molecule has 1 saturated heterocycles. The molecule has 0 aromatic heterocycles. The fraction of sp³-hybridized carbons (Fsp3) is 0.588. The molecule has 0 aliphatic carbocycles. The van der Waals surface area contributed by atoms with Gasteiger partial charge in [0.2, 0.25) is 0 Å². The number of hydrogen-bond donors (Lipinski definition) is 2. The van der Waals surface area contributed by atoms with Crippen LogP contribution in [0.1, 0.15) is 22.3 Å². The minimum atomic E-state index is 0. The van der Waals surface area contributed by atoms with Crippen LogP contribution in [0.5, 0.6) is 0 Å². The average molecular weight is 412 g/mol. The normalized spacial score (nSPS) is 20.0. The number of benzene rings is 1. The molecular formula is C17H29Cl3N4O. The van der Waals surface area contributed by atoms with E-state index in [-0.39, 0.29) is 43.1 Å². The molecule has 0 saturated carbocycles. The van der Waals surface area contributed by atoms with Gasteiger partial charge in [-0.15, -0.1) is 37.2 Å². The standard InChI is InChI=1S/C17H26N4O.3ClH/c1-20-9-10-21(2)13(12-20)11-19-17(22)15-5-3-7-16-14(15)6-4-8-18-16;;;/h3,5,7,13,18H,4,6,8-12H2,1-2H3,(H,19,22);3*1H. The fourth-order valence-corrected chi connectivity index (χ4v) is 3.35. The number of hydrogen-bond acceptors (Lipinski definition) is 4. The summed E-state index contributed by atoms with van der Waals surface area (Å²) in [5.41, 5.74) is 3.12. The summed E-state index contributed by atoms with van der Waals surface area (Å²) in [6.07, 6.45) is 2.07. The maximum atomic E-state index is 12.6. The number of piperazine rings is 1. The van der Waals surface area contributed by atoms with Crippen LogP contribution in [0.2, 0.25) is 0 Å². The summed E-state index contributed by atoms with van der Waals surface area (Å²) in [5.74, 6) is 0.0576. The molecule has 2 aliphatic heterocycles. The highest BCUT2D eigenvalue weighted by molar-refractivity contribution is 5.97. The lowest BCUT2D eigenvalue weighted by atomic mass is 9.97. The molecule has 2 heterocycles. The van der Waals surface area contributed by atoms with Crippen molar-refractivity contribution < 1.29 is 4.79 Å². The Morgan fingerprint density at radius 3 is 2.76 bits per heavy atom. The maximum Gasteiger partial charge on any atom is 0.251 e. The molecule has 5 nitrogen and oxygen atoms in total. The number of rotatable bonds is 3. The Hall–Kier alpha value is -0.720. The second-order valence-corrected chi connectivity index (χ2v) is 6.47. The average Bonchev–Trinajstić information content (AvgIpc) is 2.55. The van der Waals surface area contributed by atoms with Gasteiger partial charge >= 0.3 is 0 Å². The van der Waals surface area contributed by atoms with Crippen molar-refractivity contribution in [2.45, 2.75) is 18.9 Å². The van der Waals surface area contributed by atoms with Gasteiger partial charge in [0, 0.05) is 50.0 Å². The van der Waals surface area contributed by atoms with Crippen molar-refractivity contribution in [3.63, 3.8) is 0 Å². The third-order valence-electron chi connectivity index (χ3n) is 4.82. The molecule has 1 fully saturated rings. The van der Waals surface area contributed by atoms with Crippen LogP contribution >= 0.6 is 37.2 Å².